The van der Waals surface area contributed by atoms with Gasteiger partial charge in [-0.2, -0.15) is 0 Å². The Balaban J connectivity index is 1.50. The summed E-state index contributed by atoms with van der Waals surface area (Å²) in [6.45, 7) is 5.43. The Morgan fingerprint density at radius 2 is 1.90 bits per heavy atom. The van der Waals surface area contributed by atoms with Gasteiger partial charge >= 0.3 is 6.09 Å². The van der Waals surface area contributed by atoms with Gasteiger partial charge < -0.3 is 13.7 Å². The Kier molecular flexibility index (Phi) is 5.27. The van der Waals surface area contributed by atoms with E-state index in [1.54, 1.807) is 6.92 Å². The lowest BCUT2D eigenvalue weighted by Crippen LogP contribution is -2.16. The quantitative estimate of drug-likeness (QED) is 0.443. The van der Waals surface area contributed by atoms with E-state index in [2.05, 4.69) is 22.3 Å². The van der Waals surface area contributed by atoms with Crippen molar-refractivity contribution >= 4 is 22.7 Å². The summed E-state index contributed by atoms with van der Waals surface area (Å²) in [6, 6.07) is 17.2. The number of amides is 1. The monoisotopic (exact) mass is 400 g/mol. The van der Waals surface area contributed by atoms with Crippen LogP contribution in [0, 0.1) is 25.7 Å². The Labute approximate surface area is 173 Å². The molecule has 1 unspecified atom stereocenters. The average molecular weight is 400 g/mol. The van der Waals surface area contributed by atoms with Crippen LogP contribution >= 0.6 is 0 Å². The standard InChI is InChI=1S/C24H20N2O4/c1-15-13-20-11-9-18(14-22(20)28-15)10-12-21-23(16(2)26-30-21)25-24(27)29-17(3)19-7-5-4-6-8-19/h4-9,11,13-14,17H,1-3H3,(H,25,27). The summed E-state index contributed by atoms with van der Waals surface area (Å²) in [5.74, 6) is 7.04. The molecule has 0 saturated heterocycles. The van der Waals surface area contributed by atoms with Crippen molar-refractivity contribution in [3.8, 4) is 11.8 Å². The van der Waals surface area contributed by atoms with Crippen LogP contribution in [-0.4, -0.2) is 11.2 Å². The van der Waals surface area contributed by atoms with Crippen LogP contribution in [0.5, 0.6) is 0 Å². The second-order valence-corrected chi connectivity index (χ2v) is 6.91. The minimum Gasteiger partial charge on any atom is -0.461 e. The highest BCUT2D eigenvalue weighted by atomic mass is 16.6. The Hall–Kier alpha value is -3.98. The van der Waals surface area contributed by atoms with Crippen molar-refractivity contribution in [2.24, 2.45) is 0 Å². The first kappa shape index (κ1) is 19.3. The van der Waals surface area contributed by atoms with Crippen LogP contribution < -0.4 is 5.32 Å². The Morgan fingerprint density at radius 3 is 2.70 bits per heavy atom. The number of furan rings is 1. The maximum atomic E-state index is 12.4. The van der Waals surface area contributed by atoms with Crippen LogP contribution in [0.4, 0.5) is 10.5 Å². The summed E-state index contributed by atoms with van der Waals surface area (Å²) < 4.78 is 16.4. The zero-order valence-electron chi connectivity index (χ0n) is 16.9. The van der Waals surface area contributed by atoms with Crippen molar-refractivity contribution in [3.05, 3.63) is 82.9 Å². The number of aryl methyl sites for hydroxylation is 2. The number of fused-ring (bicyclic) bond motifs is 1. The maximum Gasteiger partial charge on any atom is 0.412 e. The summed E-state index contributed by atoms with van der Waals surface area (Å²) in [5.41, 5.74) is 3.34. The Bertz CT molecular complexity index is 1260. The topological polar surface area (TPSA) is 77.5 Å². The highest BCUT2D eigenvalue weighted by Crippen LogP contribution is 2.23. The highest BCUT2D eigenvalue weighted by Gasteiger charge is 2.17. The SMILES string of the molecule is Cc1cc2ccc(C#Cc3onc(C)c3NC(=O)OC(C)c3ccccc3)cc2o1. The zero-order valence-corrected chi connectivity index (χ0v) is 16.9. The summed E-state index contributed by atoms with van der Waals surface area (Å²) in [4.78, 5) is 12.4. The fourth-order valence-corrected chi connectivity index (χ4v) is 3.06. The van der Waals surface area contributed by atoms with Crippen molar-refractivity contribution < 1.29 is 18.5 Å². The minimum absolute atomic E-state index is 0.257. The lowest BCUT2D eigenvalue weighted by molar-refractivity contribution is 0.121. The molecule has 2 heterocycles. The smallest absolute Gasteiger partial charge is 0.412 e. The summed E-state index contributed by atoms with van der Waals surface area (Å²) in [6.07, 6.45) is -1.00. The molecule has 4 aromatic rings. The van der Waals surface area contributed by atoms with Gasteiger partial charge in [0, 0.05) is 10.9 Å². The van der Waals surface area contributed by atoms with E-state index in [-0.39, 0.29) is 5.76 Å². The van der Waals surface area contributed by atoms with Crippen LogP contribution in [0.15, 0.2) is 63.5 Å². The number of hydrogen-bond acceptors (Lipinski definition) is 5. The molecule has 4 rings (SSSR count). The maximum absolute atomic E-state index is 12.4. The second kappa shape index (κ2) is 8.18. The molecule has 6 nitrogen and oxygen atoms in total. The van der Waals surface area contributed by atoms with Crippen LogP contribution in [0.3, 0.4) is 0 Å². The van der Waals surface area contributed by atoms with Gasteiger partial charge in [0.05, 0.1) is 0 Å². The van der Waals surface area contributed by atoms with Gasteiger partial charge in [-0.1, -0.05) is 41.4 Å². The van der Waals surface area contributed by atoms with Crippen LogP contribution in [0.1, 0.15) is 41.4 Å². The van der Waals surface area contributed by atoms with E-state index in [0.717, 1.165) is 27.9 Å². The zero-order chi connectivity index (χ0) is 21.1. The molecule has 0 saturated carbocycles. The molecule has 0 aliphatic carbocycles. The lowest BCUT2D eigenvalue weighted by atomic mass is 10.1. The first-order chi connectivity index (χ1) is 14.5. The van der Waals surface area contributed by atoms with Crippen molar-refractivity contribution in [3.63, 3.8) is 0 Å². The molecule has 0 bridgehead atoms. The van der Waals surface area contributed by atoms with Crippen molar-refractivity contribution in [2.45, 2.75) is 26.9 Å². The third kappa shape index (κ3) is 4.20. The number of hydrogen-bond donors (Lipinski definition) is 1. The van der Waals surface area contributed by atoms with E-state index in [1.807, 2.05) is 68.4 Å². The van der Waals surface area contributed by atoms with Gasteiger partial charge in [0.25, 0.3) is 0 Å². The number of aromatic nitrogens is 1. The normalized spacial score (nSPS) is 11.6. The molecule has 1 atom stereocenters. The molecule has 2 aromatic carbocycles. The molecule has 0 aliphatic rings. The van der Waals surface area contributed by atoms with Crippen LogP contribution in [0.25, 0.3) is 11.0 Å². The van der Waals surface area contributed by atoms with Crippen molar-refractivity contribution in [1.82, 2.24) is 5.16 Å². The predicted octanol–water partition coefficient (Wildman–Crippen LogP) is 5.75. The number of nitrogens with one attached hydrogen (secondary N) is 1. The van der Waals surface area contributed by atoms with E-state index in [0.29, 0.717) is 11.4 Å². The van der Waals surface area contributed by atoms with Gasteiger partial charge in [0.1, 0.15) is 28.8 Å². The molecular formula is C24H20N2O4. The van der Waals surface area contributed by atoms with E-state index in [9.17, 15) is 4.79 Å². The number of carbonyl (C=O) groups excluding carboxylic acids is 1. The van der Waals surface area contributed by atoms with E-state index in [1.165, 1.54) is 0 Å². The van der Waals surface area contributed by atoms with Gasteiger partial charge in [-0.25, -0.2) is 4.79 Å². The number of anilines is 1. The highest BCUT2D eigenvalue weighted by molar-refractivity contribution is 5.87. The van der Waals surface area contributed by atoms with Gasteiger partial charge in [0.2, 0.25) is 5.76 Å². The van der Waals surface area contributed by atoms with E-state index < -0.39 is 12.2 Å². The number of rotatable bonds is 3. The van der Waals surface area contributed by atoms with E-state index in [4.69, 9.17) is 13.7 Å². The summed E-state index contributed by atoms with van der Waals surface area (Å²) in [7, 11) is 0. The van der Waals surface area contributed by atoms with Crippen LogP contribution in [0.2, 0.25) is 0 Å². The molecule has 0 spiro atoms. The number of nitrogens with zero attached hydrogens (tertiary/aromatic N) is 1. The molecule has 1 N–H and O–H groups in total. The molecule has 0 aliphatic heterocycles. The van der Waals surface area contributed by atoms with E-state index >= 15 is 0 Å². The first-order valence-electron chi connectivity index (χ1n) is 9.50. The lowest BCUT2D eigenvalue weighted by Gasteiger charge is -2.13. The van der Waals surface area contributed by atoms with Crippen molar-refractivity contribution in [2.75, 3.05) is 5.32 Å². The number of benzene rings is 2. The molecule has 1 amide bonds. The van der Waals surface area contributed by atoms with Gasteiger partial charge in [-0.05, 0) is 56.5 Å². The second-order valence-electron chi connectivity index (χ2n) is 6.91. The van der Waals surface area contributed by atoms with Crippen LogP contribution in [-0.2, 0) is 4.74 Å². The third-order valence-electron chi connectivity index (χ3n) is 4.61. The number of ether oxygens (including phenoxy) is 1. The summed E-state index contributed by atoms with van der Waals surface area (Å²) in [5, 5.41) is 7.62. The summed E-state index contributed by atoms with van der Waals surface area (Å²) >= 11 is 0. The first-order valence-corrected chi connectivity index (χ1v) is 9.50. The largest absolute Gasteiger partial charge is 0.461 e. The molecule has 0 radical (unpaired) electrons. The predicted molar refractivity (Wildman–Crippen MR) is 113 cm³/mol. The molecule has 6 heteroatoms. The van der Waals surface area contributed by atoms with Crippen molar-refractivity contribution in [1.29, 1.82) is 0 Å². The molecule has 150 valence electrons. The Morgan fingerprint density at radius 1 is 1.10 bits per heavy atom. The molecule has 0 fully saturated rings. The molecule has 2 aromatic heterocycles. The third-order valence-corrected chi connectivity index (χ3v) is 4.61. The fourth-order valence-electron chi connectivity index (χ4n) is 3.06. The molecule has 30 heavy (non-hydrogen) atoms. The van der Waals surface area contributed by atoms with Gasteiger partial charge in [-0.3, -0.25) is 5.32 Å². The van der Waals surface area contributed by atoms with Gasteiger partial charge in [-0.15, -0.1) is 0 Å². The minimum atomic E-state index is -0.604. The fraction of sp³-hybridized carbons (Fsp3) is 0.167. The number of carbonyl (C=O) groups is 1. The van der Waals surface area contributed by atoms with Gasteiger partial charge in [0.15, 0.2) is 0 Å². The molecular weight excluding hydrogens is 380 g/mol. The average Bonchev–Trinajstić information content (AvgIpc) is 3.28.